The van der Waals surface area contributed by atoms with Gasteiger partial charge in [-0.25, -0.2) is 18.1 Å². The molecule has 0 bridgehead atoms. The van der Waals surface area contributed by atoms with Crippen molar-refractivity contribution in [2.24, 2.45) is 5.41 Å². The fourth-order valence-corrected chi connectivity index (χ4v) is 2.59. The van der Waals surface area contributed by atoms with E-state index < -0.39 is 10.0 Å². The molecule has 21 heavy (non-hydrogen) atoms. The minimum atomic E-state index is -3.51. The van der Waals surface area contributed by atoms with Crippen LogP contribution in [0.25, 0.3) is 0 Å². The van der Waals surface area contributed by atoms with E-state index in [1.54, 1.807) is 18.3 Å². The third-order valence-corrected chi connectivity index (χ3v) is 4.33. The second-order valence-corrected chi connectivity index (χ2v) is 8.46. The summed E-state index contributed by atoms with van der Waals surface area (Å²) < 4.78 is 26.8. The van der Waals surface area contributed by atoms with Crippen LogP contribution in [0.4, 0.5) is 0 Å². The van der Waals surface area contributed by atoms with Crippen molar-refractivity contribution in [3.63, 3.8) is 0 Å². The molecule has 0 aliphatic rings. The van der Waals surface area contributed by atoms with Gasteiger partial charge in [-0.2, -0.15) is 0 Å². The van der Waals surface area contributed by atoms with E-state index in [1.165, 1.54) is 0 Å². The summed E-state index contributed by atoms with van der Waals surface area (Å²) >= 11 is 0. The van der Waals surface area contributed by atoms with Crippen LogP contribution in [0.2, 0.25) is 0 Å². The lowest BCUT2D eigenvalue weighted by atomic mass is 9.93. The Bertz CT molecular complexity index is 531. The van der Waals surface area contributed by atoms with Crippen LogP contribution in [0.3, 0.4) is 0 Å². The van der Waals surface area contributed by atoms with Crippen molar-refractivity contribution in [1.29, 1.82) is 0 Å². The SMILES string of the molecule is CC(C)NCc1ccc(S(=O)(=O)NCCC(C)(C)C)nc1. The molecule has 2 N–H and O–H groups in total. The number of nitrogens with zero attached hydrogens (tertiary/aromatic N) is 1. The van der Waals surface area contributed by atoms with Crippen LogP contribution < -0.4 is 10.0 Å². The molecule has 1 heterocycles. The molecule has 0 radical (unpaired) electrons. The summed E-state index contributed by atoms with van der Waals surface area (Å²) in [4.78, 5) is 4.05. The van der Waals surface area contributed by atoms with Crippen LogP contribution in [-0.2, 0) is 16.6 Å². The van der Waals surface area contributed by atoms with Crippen molar-refractivity contribution in [3.8, 4) is 0 Å². The standard InChI is InChI=1S/C15H27N3O2S/c1-12(2)16-10-13-6-7-14(17-11-13)21(19,20)18-9-8-15(3,4)5/h6-7,11-12,16,18H,8-10H2,1-5H3. The van der Waals surface area contributed by atoms with Gasteiger partial charge >= 0.3 is 0 Å². The lowest BCUT2D eigenvalue weighted by molar-refractivity contribution is 0.378. The van der Waals surface area contributed by atoms with Crippen LogP contribution in [-0.4, -0.2) is 26.0 Å². The first-order valence-corrected chi connectivity index (χ1v) is 8.76. The van der Waals surface area contributed by atoms with E-state index in [-0.39, 0.29) is 10.4 Å². The minimum Gasteiger partial charge on any atom is -0.310 e. The number of aromatic nitrogens is 1. The normalized spacial score (nSPS) is 12.9. The van der Waals surface area contributed by atoms with Gasteiger partial charge in [-0.1, -0.05) is 40.7 Å². The van der Waals surface area contributed by atoms with Crippen LogP contribution in [0.5, 0.6) is 0 Å². The summed E-state index contributed by atoms with van der Waals surface area (Å²) in [7, 11) is -3.51. The molecule has 1 aromatic heterocycles. The van der Waals surface area contributed by atoms with Gasteiger partial charge in [-0.05, 0) is 23.5 Å². The van der Waals surface area contributed by atoms with E-state index in [9.17, 15) is 8.42 Å². The molecule has 6 heteroatoms. The molecule has 1 aromatic rings. The van der Waals surface area contributed by atoms with Crippen LogP contribution in [0.15, 0.2) is 23.4 Å². The molecular weight excluding hydrogens is 286 g/mol. The van der Waals surface area contributed by atoms with Gasteiger partial charge in [0.25, 0.3) is 10.0 Å². The van der Waals surface area contributed by atoms with E-state index in [4.69, 9.17) is 0 Å². The van der Waals surface area contributed by atoms with Crippen LogP contribution >= 0.6 is 0 Å². The van der Waals surface area contributed by atoms with Gasteiger partial charge in [0.1, 0.15) is 0 Å². The Balaban J connectivity index is 2.63. The first-order valence-electron chi connectivity index (χ1n) is 7.28. The fraction of sp³-hybridized carbons (Fsp3) is 0.667. The number of rotatable bonds is 7. The van der Waals surface area contributed by atoms with Gasteiger partial charge in [0.15, 0.2) is 5.03 Å². The predicted molar refractivity (Wildman–Crippen MR) is 85.5 cm³/mol. The number of hydrogen-bond donors (Lipinski definition) is 2. The highest BCUT2D eigenvalue weighted by Gasteiger charge is 2.17. The van der Waals surface area contributed by atoms with E-state index in [2.05, 4.69) is 49.6 Å². The number of nitrogens with one attached hydrogen (secondary N) is 2. The number of pyridine rings is 1. The van der Waals surface area contributed by atoms with Crippen molar-refractivity contribution in [1.82, 2.24) is 15.0 Å². The monoisotopic (exact) mass is 313 g/mol. The second kappa shape index (κ2) is 7.33. The Morgan fingerprint density at radius 2 is 1.90 bits per heavy atom. The van der Waals surface area contributed by atoms with Gasteiger partial charge in [0.05, 0.1) is 0 Å². The smallest absolute Gasteiger partial charge is 0.258 e. The summed E-state index contributed by atoms with van der Waals surface area (Å²) in [6.07, 6.45) is 2.39. The Hall–Kier alpha value is -0.980. The maximum absolute atomic E-state index is 12.1. The number of hydrogen-bond acceptors (Lipinski definition) is 4. The van der Waals surface area contributed by atoms with Gasteiger partial charge < -0.3 is 5.32 Å². The summed E-state index contributed by atoms with van der Waals surface area (Å²) in [5.74, 6) is 0. The summed E-state index contributed by atoms with van der Waals surface area (Å²) in [5.41, 5.74) is 1.07. The van der Waals surface area contributed by atoms with E-state index in [0.717, 1.165) is 12.0 Å². The lowest BCUT2D eigenvalue weighted by Crippen LogP contribution is -2.28. The molecule has 0 aromatic carbocycles. The molecule has 1 rings (SSSR count). The van der Waals surface area contributed by atoms with E-state index in [1.807, 2.05) is 0 Å². The third kappa shape index (κ3) is 7.02. The predicted octanol–water partition coefficient (Wildman–Crippen LogP) is 2.29. The molecule has 0 amide bonds. The molecule has 0 unspecified atom stereocenters. The second-order valence-electron chi connectivity index (χ2n) is 6.75. The van der Waals surface area contributed by atoms with Gasteiger partial charge in [-0.15, -0.1) is 0 Å². The van der Waals surface area contributed by atoms with E-state index in [0.29, 0.717) is 19.1 Å². The molecule has 0 saturated carbocycles. The van der Waals surface area contributed by atoms with Crippen LogP contribution in [0.1, 0.15) is 46.6 Å². The third-order valence-electron chi connectivity index (χ3n) is 2.95. The average molecular weight is 313 g/mol. The Labute approximate surface area is 128 Å². The maximum atomic E-state index is 12.1. The van der Waals surface area contributed by atoms with Crippen molar-refractivity contribution < 1.29 is 8.42 Å². The highest BCUT2D eigenvalue weighted by molar-refractivity contribution is 7.89. The summed E-state index contributed by atoms with van der Waals surface area (Å²) in [6.45, 7) is 11.5. The average Bonchev–Trinajstić information content (AvgIpc) is 2.35. The largest absolute Gasteiger partial charge is 0.310 e. The molecule has 120 valence electrons. The molecular formula is C15H27N3O2S. The van der Waals surface area contributed by atoms with Gasteiger partial charge in [0, 0.05) is 25.3 Å². The number of sulfonamides is 1. The zero-order valence-electron chi connectivity index (χ0n) is 13.6. The lowest BCUT2D eigenvalue weighted by Gasteiger charge is -2.17. The summed E-state index contributed by atoms with van der Waals surface area (Å²) in [5, 5.41) is 3.34. The highest BCUT2D eigenvalue weighted by Crippen LogP contribution is 2.17. The molecule has 5 nitrogen and oxygen atoms in total. The van der Waals surface area contributed by atoms with Crippen molar-refractivity contribution in [2.75, 3.05) is 6.54 Å². The van der Waals surface area contributed by atoms with Gasteiger partial charge in [0.2, 0.25) is 0 Å². The zero-order chi connectivity index (χ0) is 16.1. The Morgan fingerprint density at radius 1 is 1.24 bits per heavy atom. The topological polar surface area (TPSA) is 71.1 Å². The highest BCUT2D eigenvalue weighted by atomic mass is 32.2. The van der Waals surface area contributed by atoms with Crippen molar-refractivity contribution >= 4 is 10.0 Å². The van der Waals surface area contributed by atoms with E-state index >= 15 is 0 Å². The molecule has 0 aliphatic heterocycles. The molecule has 0 saturated heterocycles. The Morgan fingerprint density at radius 3 is 2.38 bits per heavy atom. The Kier molecular flexibility index (Phi) is 6.31. The molecule has 0 fully saturated rings. The minimum absolute atomic E-state index is 0.0738. The summed E-state index contributed by atoms with van der Waals surface area (Å²) in [6, 6.07) is 3.73. The van der Waals surface area contributed by atoms with Crippen molar-refractivity contribution in [3.05, 3.63) is 23.9 Å². The van der Waals surface area contributed by atoms with Crippen molar-refractivity contribution in [2.45, 2.75) is 58.7 Å². The fourth-order valence-electron chi connectivity index (χ4n) is 1.63. The first kappa shape index (κ1) is 18.1. The quantitative estimate of drug-likeness (QED) is 0.810. The zero-order valence-corrected chi connectivity index (χ0v) is 14.4. The van der Waals surface area contributed by atoms with Gasteiger partial charge in [-0.3, -0.25) is 0 Å². The molecule has 0 aliphatic carbocycles. The van der Waals surface area contributed by atoms with Crippen LogP contribution in [0, 0.1) is 5.41 Å². The maximum Gasteiger partial charge on any atom is 0.258 e. The molecule has 0 spiro atoms. The molecule has 0 atom stereocenters. The first-order chi connectivity index (χ1) is 9.60.